The smallest absolute Gasteiger partial charge is 0.280 e. The van der Waals surface area contributed by atoms with Crippen molar-refractivity contribution in [2.45, 2.75) is 0 Å². The van der Waals surface area contributed by atoms with Crippen molar-refractivity contribution in [3.05, 3.63) is 61.2 Å². The van der Waals surface area contributed by atoms with Crippen LogP contribution in [0.5, 0.6) is 11.5 Å². The van der Waals surface area contributed by atoms with Crippen molar-refractivity contribution in [1.82, 2.24) is 0 Å². The average Bonchev–Trinajstić information content (AvgIpc) is 3.00. The third-order valence-electron chi connectivity index (χ3n) is 3.29. The van der Waals surface area contributed by atoms with Gasteiger partial charge in [0.15, 0.2) is 11.5 Å². The first kappa shape index (κ1) is 15.3. The lowest BCUT2D eigenvalue weighted by atomic mass is 10.0. The number of rotatable bonds is 3. The van der Waals surface area contributed by atoms with E-state index >= 15 is 0 Å². The summed E-state index contributed by atoms with van der Waals surface area (Å²) < 4.78 is 11.5. The van der Waals surface area contributed by atoms with Gasteiger partial charge in [0.05, 0.1) is 28.2 Å². The summed E-state index contributed by atoms with van der Waals surface area (Å²) in [5.74, 6) is 0.767. The molecule has 2 aromatic carbocycles. The van der Waals surface area contributed by atoms with Crippen LogP contribution < -0.4 is 9.47 Å². The Balaban J connectivity index is 2.11. The highest BCUT2D eigenvalue weighted by Gasteiger charge is 2.22. The van der Waals surface area contributed by atoms with Crippen LogP contribution in [0.25, 0.3) is 11.6 Å². The van der Waals surface area contributed by atoms with Crippen molar-refractivity contribution in [3.63, 3.8) is 0 Å². The van der Waals surface area contributed by atoms with E-state index in [4.69, 9.17) is 9.47 Å². The van der Waals surface area contributed by atoms with Crippen molar-refractivity contribution in [1.29, 1.82) is 5.26 Å². The van der Waals surface area contributed by atoms with Crippen LogP contribution in [0.2, 0.25) is 0 Å². The lowest BCUT2D eigenvalue weighted by Gasteiger charge is -2.03. The number of ether oxygens (including phenoxy) is 2. The highest BCUT2D eigenvalue weighted by atomic mass is 127. The van der Waals surface area contributed by atoms with Gasteiger partial charge in [-0.05, 0) is 52.4 Å². The van der Waals surface area contributed by atoms with Gasteiger partial charge in [0.25, 0.3) is 5.69 Å². The summed E-state index contributed by atoms with van der Waals surface area (Å²) in [6, 6.07) is 12.3. The van der Waals surface area contributed by atoms with Crippen LogP contribution >= 0.6 is 22.6 Å². The van der Waals surface area contributed by atoms with Crippen molar-refractivity contribution < 1.29 is 14.4 Å². The molecule has 1 aliphatic heterocycles. The normalized spacial score (nSPS) is 12.8. The zero-order valence-electron chi connectivity index (χ0n) is 11.7. The van der Waals surface area contributed by atoms with E-state index in [1.807, 2.05) is 12.1 Å². The number of benzene rings is 2. The number of hydrogen-bond acceptors (Lipinski definition) is 5. The fraction of sp³-hybridized carbons (Fsp3) is 0.0625. The first-order chi connectivity index (χ1) is 11.1. The zero-order chi connectivity index (χ0) is 16.4. The van der Waals surface area contributed by atoms with Crippen molar-refractivity contribution in [3.8, 4) is 17.6 Å². The van der Waals surface area contributed by atoms with E-state index < -0.39 is 4.92 Å². The Labute approximate surface area is 145 Å². The summed E-state index contributed by atoms with van der Waals surface area (Å²) in [4.78, 5) is 10.8. The molecule has 6 nitrogen and oxygen atoms in total. The SMILES string of the molecule is N#C/C(=C\c1cc2c(cc1[N+](=O)[O-])OCO2)c1ccc(I)cc1. The van der Waals surface area contributed by atoms with Crippen molar-refractivity contribution >= 4 is 39.9 Å². The second kappa shape index (κ2) is 6.26. The van der Waals surface area contributed by atoms with Crippen molar-refractivity contribution in [2.24, 2.45) is 0 Å². The van der Waals surface area contributed by atoms with Gasteiger partial charge in [0.2, 0.25) is 6.79 Å². The molecule has 0 spiro atoms. The monoisotopic (exact) mass is 420 g/mol. The summed E-state index contributed by atoms with van der Waals surface area (Å²) in [5, 5.41) is 20.7. The maximum absolute atomic E-state index is 11.3. The molecule has 3 rings (SSSR count). The van der Waals surface area contributed by atoms with E-state index in [0.29, 0.717) is 28.2 Å². The minimum atomic E-state index is -0.503. The van der Waals surface area contributed by atoms with Gasteiger partial charge in [-0.2, -0.15) is 5.26 Å². The van der Waals surface area contributed by atoms with E-state index in [2.05, 4.69) is 28.7 Å². The fourth-order valence-corrected chi connectivity index (χ4v) is 2.55. The number of nitro benzene ring substituents is 1. The third kappa shape index (κ3) is 3.12. The first-order valence-electron chi connectivity index (χ1n) is 6.54. The first-order valence-corrected chi connectivity index (χ1v) is 7.62. The lowest BCUT2D eigenvalue weighted by molar-refractivity contribution is -0.385. The highest BCUT2D eigenvalue weighted by molar-refractivity contribution is 14.1. The topological polar surface area (TPSA) is 85.4 Å². The molecular formula is C16H9IN2O4. The predicted octanol–water partition coefficient (Wildman–Crippen LogP) is 3.99. The van der Waals surface area contributed by atoms with Gasteiger partial charge in [-0.3, -0.25) is 10.1 Å². The van der Waals surface area contributed by atoms with Gasteiger partial charge >= 0.3 is 0 Å². The minimum absolute atomic E-state index is 0.0296. The fourth-order valence-electron chi connectivity index (χ4n) is 2.19. The predicted molar refractivity (Wildman–Crippen MR) is 91.9 cm³/mol. The number of halogens is 1. The highest BCUT2D eigenvalue weighted by Crippen LogP contribution is 2.39. The summed E-state index contributed by atoms with van der Waals surface area (Å²) in [7, 11) is 0. The van der Waals surface area contributed by atoms with E-state index in [-0.39, 0.29) is 12.5 Å². The molecule has 0 radical (unpaired) electrons. The second-order valence-electron chi connectivity index (χ2n) is 4.70. The van der Waals surface area contributed by atoms with Crippen LogP contribution in [0.1, 0.15) is 11.1 Å². The molecule has 0 saturated heterocycles. The Bertz CT molecular complexity index is 854. The molecule has 0 amide bonds. The van der Waals surface area contributed by atoms with Crippen LogP contribution in [0.4, 0.5) is 5.69 Å². The molecule has 0 unspecified atom stereocenters. The van der Waals surface area contributed by atoms with E-state index in [9.17, 15) is 15.4 Å². The molecule has 23 heavy (non-hydrogen) atoms. The van der Waals surface area contributed by atoms with E-state index in [0.717, 1.165) is 3.57 Å². The summed E-state index contributed by atoms with van der Waals surface area (Å²) >= 11 is 2.17. The maximum atomic E-state index is 11.3. The quantitative estimate of drug-likeness (QED) is 0.247. The van der Waals surface area contributed by atoms with Gasteiger partial charge in [0, 0.05) is 3.57 Å². The molecule has 0 bridgehead atoms. The van der Waals surface area contributed by atoms with Gasteiger partial charge in [0.1, 0.15) is 0 Å². The Hall–Kier alpha value is -2.60. The van der Waals surface area contributed by atoms with Gasteiger partial charge < -0.3 is 9.47 Å². The van der Waals surface area contributed by atoms with Crippen LogP contribution in [-0.2, 0) is 0 Å². The molecule has 1 heterocycles. The number of allylic oxidation sites excluding steroid dienone is 1. The second-order valence-corrected chi connectivity index (χ2v) is 5.94. The Morgan fingerprint density at radius 1 is 1.26 bits per heavy atom. The molecule has 0 N–H and O–H groups in total. The number of fused-ring (bicyclic) bond motifs is 1. The van der Waals surface area contributed by atoms with Crippen LogP contribution in [0.15, 0.2) is 36.4 Å². The number of nitro groups is 1. The van der Waals surface area contributed by atoms with Gasteiger partial charge in [-0.1, -0.05) is 12.1 Å². The molecule has 0 saturated carbocycles. The third-order valence-corrected chi connectivity index (χ3v) is 4.01. The average molecular weight is 420 g/mol. The minimum Gasteiger partial charge on any atom is -0.454 e. The van der Waals surface area contributed by atoms with Gasteiger partial charge in [-0.25, -0.2) is 0 Å². The molecule has 0 aliphatic carbocycles. The van der Waals surface area contributed by atoms with Crippen LogP contribution in [-0.4, -0.2) is 11.7 Å². The zero-order valence-corrected chi connectivity index (χ0v) is 13.8. The Morgan fingerprint density at radius 2 is 1.91 bits per heavy atom. The molecule has 2 aromatic rings. The molecule has 7 heteroatoms. The molecule has 0 fully saturated rings. The van der Waals surface area contributed by atoms with Crippen LogP contribution in [0.3, 0.4) is 0 Å². The van der Waals surface area contributed by atoms with Gasteiger partial charge in [-0.15, -0.1) is 0 Å². The van der Waals surface area contributed by atoms with E-state index in [1.54, 1.807) is 12.1 Å². The summed E-state index contributed by atoms with van der Waals surface area (Å²) in [5.41, 5.74) is 1.20. The maximum Gasteiger partial charge on any atom is 0.280 e. The summed E-state index contributed by atoms with van der Waals surface area (Å²) in [6.45, 7) is 0.0296. The number of nitriles is 1. The lowest BCUT2D eigenvalue weighted by Crippen LogP contribution is -1.93. The molecule has 0 atom stereocenters. The molecule has 114 valence electrons. The Morgan fingerprint density at radius 3 is 2.52 bits per heavy atom. The van der Waals surface area contributed by atoms with E-state index in [1.165, 1.54) is 18.2 Å². The molecule has 0 aromatic heterocycles. The summed E-state index contributed by atoms with van der Waals surface area (Å²) in [6.07, 6.45) is 1.49. The number of nitrogens with zero attached hydrogens (tertiary/aromatic N) is 2. The molecule has 1 aliphatic rings. The van der Waals surface area contributed by atoms with Crippen LogP contribution in [0, 0.1) is 25.0 Å². The molecular weight excluding hydrogens is 411 g/mol. The largest absolute Gasteiger partial charge is 0.454 e. The number of hydrogen-bond donors (Lipinski definition) is 0. The Kier molecular flexibility index (Phi) is 4.16. The van der Waals surface area contributed by atoms with Crippen molar-refractivity contribution in [2.75, 3.05) is 6.79 Å². The standard InChI is InChI=1S/C16H9IN2O4/c17-13-3-1-10(2-4-13)12(8-18)5-11-6-15-16(23-9-22-15)7-14(11)19(20)21/h1-7H,9H2/b12-5+.